The van der Waals surface area contributed by atoms with E-state index in [9.17, 15) is 4.79 Å². The maximum atomic E-state index is 12.1. The zero-order valence-corrected chi connectivity index (χ0v) is 10.8. The highest BCUT2D eigenvalue weighted by Gasteiger charge is 2.21. The van der Waals surface area contributed by atoms with Gasteiger partial charge in [-0.2, -0.15) is 5.26 Å². The van der Waals surface area contributed by atoms with Gasteiger partial charge in [0.15, 0.2) is 0 Å². The van der Waals surface area contributed by atoms with E-state index in [1.165, 1.54) is 0 Å². The molecule has 18 heavy (non-hydrogen) atoms. The second-order valence-corrected chi connectivity index (χ2v) is 4.46. The number of hydrogen-bond acceptors (Lipinski definition) is 3. The zero-order valence-electron chi connectivity index (χ0n) is 10.8. The van der Waals surface area contributed by atoms with E-state index in [0.717, 1.165) is 5.56 Å². The van der Waals surface area contributed by atoms with Gasteiger partial charge in [0, 0.05) is 13.1 Å². The minimum atomic E-state index is -0.557. The van der Waals surface area contributed by atoms with Gasteiger partial charge in [-0.15, -0.1) is 0 Å². The van der Waals surface area contributed by atoms with Crippen LogP contribution in [0.5, 0.6) is 0 Å². The van der Waals surface area contributed by atoms with Gasteiger partial charge in [0.05, 0.1) is 18.5 Å². The third-order valence-corrected chi connectivity index (χ3v) is 3.01. The molecule has 0 spiro atoms. The minimum Gasteiger partial charge on any atom is -0.341 e. The molecular weight excluding hydrogens is 226 g/mol. The molecule has 2 N–H and O–H groups in total. The molecule has 0 bridgehead atoms. The van der Waals surface area contributed by atoms with Crippen molar-refractivity contribution in [2.24, 2.45) is 5.73 Å². The summed E-state index contributed by atoms with van der Waals surface area (Å²) < 4.78 is 0. The van der Waals surface area contributed by atoms with Crippen LogP contribution >= 0.6 is 0 Å². The molecule has 4 nitrogen and oxygen atoms in total. The summed E-state index contributed by atoms with van der Waals surface area (Å²) in [6, 6.07) is 11.1. The van der Waals surface area contributed by atoms with E-state index in [1.807, 2.05) is 37.3 Å². The van der Waals surface area contributed by atoms with E-state index in [2.05, 4.69) is 6.07 Å². The second-order valence-electron chi connectivity index (χ2n) is 4.46. The zero-order chi connectivity index (χ0) is 13.5. The lowest BCUT2D eigenvalue weighted by atomic mass is 10.0. The lowest BCUT2D eigenvalue weighted by Crippen LogP contribution is -2.46. The number of nitrogens with zero attached hydrogens (tertiary/aromatic N) is 2. The van der Waals surface area contributed by atoms with Crippen molar-refractivity contribution in [3.8, 4) is 6.07 Å². The van der Waals surface area contributed by atoms with Gasteiger partial charge in [0.2, 0.25) is 5.91 Å². The van der Waals surface area contributed by atoms with Crippen molar-refractivity contribution in [1.29, 1.82) is 5.26 Å². The van der Waals surface area contributed by atoms with E-state index >= 15 is 0 Å². The molecule has 0 aliphatic rings. The number of nitrogens with two attached hydrogens (primary N) is 1. The predicted octanol–water partition coefficient (Wildman–Crippen LogP) is 1.32. The van der Waals surface area contributed by atoms with Crippen molar-refractivity contribution in [2.75, 3.05) is 7.05 Å². The highest BCUT2D eigenvalue weighted by atomic mass is 16.2. The van der Waals surface area contributed by atoms with Crippen LogP contribution in [0.1, 0.15) is 18.9 Å². The Morgan fingerprint density at radius 2 is 2.06 bits per heavy atom. The van der Waals surface area contributed by atoms with E-state index in [1.54, 1.807) is 11.9 Å². The number of carbonyl (C=O) groups excluding carboxylic acids is 1. The fourth-order valence-electron chi connectivity index (χ4n) is 1.70. The van der Waals surface area contributed by atoms with Crippen LogP contribution in [0.4, 0.5) is 0 Å². The van der Waals surface area contributed by atoms with Gasteiger partial charge in [0.25, 0.3) is 0 Å². The molecule has 0 aliphatic carbocycles. The predicted molar refractivity (Wildman–Crippen MR) is 70.6 cm³/mol. The standard InChI is InChI=1S/C14H19N3O/c1-11(8-9-15)17(2)14(18)13(16)10-12-6-4-3-5-7-12/h3-7,11,13H,8,10,16H2,1-2H3. The molecule has 0 fully saturated rings. The lowest BCUT2D eigenvalue weighted by Gasteiger charge is -2.26. The summed E-state index contributed by atoms with van der Waals surface area (Å²) in [6.07, 6.45) is 0.837. The van der Waals surface area contributed by atoms with Crippen LogP contribution in [0.2, 0.25) is 0 Å². The second kappa shape index (κ2) is 6.77. The van der Waals surface area contributed by atoms with Crippen molar-refractivity contribution in [2.45, 2.75) is 31.8 Å². The van der Waals surface area contributed by atoms with Crippen molar-refractivity contribution in [1.82, 2.24) is 4.90 Å². The molecule has 1 amide bonds. The number of likely N-dealkylation sites (N-methyl/N-ethyl adjacent to an activating group) is 1. The van der Waals surface area contributed by atoms with Crippen LogP contribution < -0.4 is 5.73 Å². The molecule has 0 saturated carbocycles. The molecule has 0 aliphatic heterocycles. The first-order chi connectivity index (χ1) is 8.56. The van der Waals surface area contributed by atoms with Crippen molar-refractivity contribution in [3.63, 3.8) is 0 Å². The van der Waals surface area contributed by atoms with Crippen LogP contribution in [0, 0.1) is 11.3 Å². The first kappa shape index (κ1) is 14.2. The average Bonchev–Trinajstić information content (AvgIpc) is 2.38. The van der Waals surface area contributed by atoms with Gasteiger partial charge in [0.1, 0.15) is 0 Å². The Labute approximate surface area is 108 Å². The molecule has 0 heterocycles. The third kappa shape index (κ3) is 3.86. The van der Waals surface area contributed by atoms with E-state index < -0.39 is 6.04 Å². The summed E-state index contributed by atoms with van der Waals surface area (Å²) in [5.74, 6) is -0.124. The van der Waals surface area contributed by atoms with Gasteiger partial charge < -0.3 is 10.6 Å². The molecule has 4 heteroatoms. The van der Waals surface area contributed by atoms with Gasteiger partial charge in [-0.25, -0.2) is 0 Å². The number of benzene rings is 1. The van der Waals surface area contributed by atoms with Crippen molar-refractivity contribution < 1.29 is 4.79 Å². The van der Waals surface area contributed by atoms with Crippen molar-refractivity contribution in [3.05, 3.63) is 35.9 Å². The van der Waals surface area contributed by atoms with Gasteiger partial charge >= 0.3 is 0 Å². The summed E-state index contributed by atoms with van der Waals surface area (Å²) in [4.78, 5) is 13.6. The molecule has 1 aromatic carbocycles. The number of nitriles is 1. The Bertz CT molecular complexity index is 424. The number of rotatable bonds is 5. The van der Waals surface area contributed by atoms with Gasteiger partial charge in [-0.1, -0.05) is 30.3 Å². The molecule has 2 unspecified atom stereocenters. The Morgan fingerprint density at radius 3 is 2.61 bits per heavy atom. The fraction of sp³-hybridized carbons (Fsp3) is 0.429. The number of carbonyl (C=O) groups is 1. The molecule has 0 aromatic heterocycles. The molecule has 0 saturated heterocycles. The molecule has 1 rings (SSSR count). The first-order valence-corrected chi connectivity index (χ1v) is 5.99. The highest BCUT2D eigenvalue weighted by Crippen LogP contribution is 2.07. The SMILES string of the molecule is CC(CC#N)N(C)C(=O)C(N)Cc1ccccc1. The molecule has 1 aromatic rings. The van der Waals surface area contributed by atoms with Gasteiger partial charge in [-0.05, 0) is 18.9 Å². The topological polar surface area (TPSA) is 70.1 Å². The Morgan fingerprint density at radius 1 is 1.44 bits per heavy atom. The third-order valence-electron chi connectivity index (χ3n) is 3.01. The average molecular weight is 245 g/mol. The minimum absolute atomic E-state index is 0.107. The summed E-state index contributed by atoms with van der Waals surface area (Å²) >= 11 is 0. The maximum Gasteiger partial charge on any atom is 0.239 e. The maximum absolute atomic E-state index is 12.1. The molecule has 96 valence electrons. The van der Waals surface area contributed by atoms with Crippen LogP contribution in [-0.4, -0.2) is 29.9 Å². The largest absolute Gasteiger partial charge is 0.341 e. The smallest absolute Gasteiger partial charge is 0.239 e. The van der Waals surface area contributed by atoms with Crippen LogP contribution in [-0.2, 0) is 11.2 Å². The molecule has 0 radical (unpaired) electrons. The monoisotopic (exact) mass is 245 g/mol. The Hall–Kier alpha value is -1.86. The van der Waals surface area contributed by atoms with E-state index in [4.69, 9.17) is 11.0 Å². The summed E-state index contributed by atoms with van der Waals surface area (Å²) in [7, 11) is 1.69. The van der Waals surface area contributed by atoms with Crippen LogP contribution in [0.15, 0.2) is 30.3 Å². The highest BCUT2D eigenvalue weighted by molar-refractivity contribution is 5.82. The Kier molecular flexibility index (Phi) is 5.34. The number of hydrogen-bond donors (Lipinski definition) is 1. The fourth-order valence-corrected chi connectivity index (χ4v) is 1.70. The molecule has 2 atom stereocenters. The van der Waals surface area contributed by atoms with Crippen molar-refractivity contribution >= 4 is 5.91 Å². The summed E-state index contributed by atoms with van der Waals surface area (Å²) in [6.45, 7) is 1.84. The van der Waals surface area contributed by atoms with Crippen LogP contribution in [0.25, 0.3) is 0 Å². The molecular formula is C14H19N3O. The lowest BCUT2D eigenvalue weighted by molar-refractivity contribution is -0.132. The quantitative estimate of drug-likeness (QED) is 0.850. The van der Waals surface area contributed by atoms with Crippen LogP contribution in [0.3, 0.4) is 0 Å². The summed E-state index contributed by atoms with van der Waals surface area (Å²) in [5, 5.41) is 8.62. The Balaban J connectivity index is 2.59. The normalized spacial score (nSPS) is 13.4. The van der Waals surface area contributed by atoms with Gasteiger partial charge in [-0.3, -0.25) is 4.79 Å². The first-order valence-electron chi connectivity index (χ1n) is 5.99. The van der Waals surface area contributed by atoms with E-state index in [0.29, 0.717) is 12.8 Å². The van der Waals surface area contributed by atoms with E-state index in [-0.39, 0.29) is 11.9 Å². The summed E-state index contributed by atoms with van der Waals surface area (Å²) in [5.41, 5.74) is 6.95. The number of amides is 1.